The Morgan fingerprint density at radius 3 is 1.20 bits per heavy atom. The lowest BCUT2D eigenvalue weighted by Crippen LogP contribution is -2.33. The molecule has 0 radical (unpaired) electrons. The molecule has 2 aliphatic heterocycles. The minimum Gasteiger partial charge on any atom is -0.494 e. The smallest absolute Gasteiger partial charge is 0.390 e. The van der Waals surface area contributed by atoms with Crippen molar-refractivity contribution >= 4 is 34.0 Å². The van der Waals surface area contributed by atoms with Crippen LogP contribution >= 0.6 is 0 Å². The van der Waals surface area contributed by atoms with Crippen LogP contribution in [-0.4, -0.2) is 117 Å². The quantitative estimate of drug-likeness (QED) is 0.0573. The fourth-order valence-corrected chi connectivity index (χ4v) is 11.4. The van der Waals surface area contributed by atoms with E-state index >= 15 is 0 Å². The van der Waals surface area contributed by atoms with Crippen molar-refractivity contribution in [3.63, 3.8) is 0 Å². The second-order valence-electron chi connectivity index (χ2n) is 25.1. The molecule has 12 aromatic rings. The molecule has 0 bridgehead atoms. The molecule has 0 atom stereocenters. The van der Waals surface area contributed by atoms with Crippen molar-refractivity contribution in [2.24, 2.45) is 11.8 Å². The van der Waals surface area contributed by atoms with Crippen LogP contribution in [0, 0.1) is 82.5 Å². The maximum atomic E-state index is 14.7. The number of aromatic nitrogens is 9. The summed E-state index contributed by atoms with van der Waals surface area (Å²) in [6.07, 6.45) is 1.58. The van der Waals surface area contributed by atoms with E-state index in [-0.39, 0.29) is 46.1 Å². The van der Waals surface area contributed by atoms with Gasteiger partial charge in [-0.1, -0.05) is 36.4 Å². The number of ether oxygens (including phenoxy) is 8. The third-order valence-corrected chi connectivity index (χ3v) is 17.9. The van der Waals surface area contributed by atoms with Gasteiger partial charge in [-0.2, -0.15) is 30.7 Å². The lowest BCUT2D eigenvalue weighted by molar-refractivity contribution is -0.131. The predicted octanol–water partition coefficient (Wildman–Crippen LogP) is 17.4. The van der Waals surface area contributed by atoms with Gasteiger partial charge < -0.3 is 53.8 Å². The fraction of sp³-hybridized carbons (Fsp3) is 0.289. The first kappa shape index (κ1) is 72.5. The van der Waals surface area contributed by atoms with E-state index in [0.29, 0.717) is 46.1 Å². The number of hydrogen-bond acceptors (Lipinski definition) is 17. The lowest BCUT2D eigenvalue weighted by atomic mass is 10.0. The highest BCUT2D eigenvalue weighted by Crippen LogP contribution is 2.38. The Balaban J connectivity index is 0.000000147. The third-order valence-electron chi connectivity index (χ3n) is 17.9. The van der Waals surface area contributed by atoms with Crippen molar-refractivity contribution in [3.05, 3.63) is 196 Å². The van der Waals surface area contributed by atoms with Crippen LogP contribution in [0.15, 0.2) is 134 Å². The van der Waals surface area contributed by atoms with Gasteiger partial charge in [0, 0.05) is 79.7 Å². The van der Waals surface area contributed by atoms with Crippen LogP contribution in [0.1, 0.15) is 52.6 Å². The molecule has 6 aromatic carbocycles. The number of methoxy groups -OCH3 is 3. The second-order valence-corrected chi connectivity index (χ2v) is 25.1. The zero-order valence-electron chi connectivity index (χ0n) is 58.2. The van der Waals surface area contributed by atoms with Gasteiger partial charge in [0.1, 0.15) is 5.75 Å². The molecular formula is C76H74F8N12O8. The molecule has 6 aromatic heterocycles. The molecule has 2 aliphatic rings. The molecule has 104 heavy (non-hydrogen) atoms. The largest absolute Gasteiger partial charge is 0.494 e. The number of aryl methyl sites for hydroxylation is 6. The Kier molecular flexibility index (Phi) is 22.0. The predicted molar refractivity (Wildman–Crippen MR) is 377 cm³/mol. The molecule has 2 saturated heterocycles. The molecular weight excluding hydrogens is 1360 g/mol. The molecule has 0 spiro atoms. The van der Waals surface area contributed by atoms with Crippen molar-refractivity contribution in [3.8, 4) is 85.9 Å². The van der Waals surface area contributed by atoms with Crippen LogP contribution in [0.5, 0.6) is 52.1 Å². The average Bonchev–Trinajstić information content (AvgIpc) is 1.63. The number of anilines is 3. The third kappa shape index (κ3) is 16.5. The number of nitrogens with zero attached hydrogens (tertiary/aromatic N) is 9. The molecule has 8 heterocycles. The maximum Gasteiger partial charge on any atom is 0.390 e. The van der Waals surface area contributed by atoms with Crippen molar-refractivity contribution in [2.45, 2.75) is 67.0 Å². The molecule has 28 heteroatoms. The summed E-state index contributed by atoms with van der Waals surface area (Å²) in [5.41, 5.74) is 14.9. The summed E-state index contributed by atoms with van der Waals surface area (Å²) in [7, 11) is 3.89. The molecule has 0 unspecified atom stereocenters. The van der Waals surface area contributed by atoms with Crippen LogP contribution < -0.4 is 44.4 Å². The molecule has 542 valence electrons. The number of benzene rings is 6. The van der Waals surface area contributed by atoms with E-state index in [4.69, 9.17) is 37.9 Å². The van der Waals surface area contributed by atoms with E-state index in [1.807, 2.05) is 51.1 Å². The van der Waals surface area contributed by atoms with Gasteiger partial charge in [0.05, 0.1) is 93.7 Å². The highest BCUT2D eigenvalue weighted by atomic mass is 19.4. The van der Waals surface area contributed by atoms with Gasteiger partial charge in [0.15, 0.2) is 51.5 Å². The van der Waals surface area contributed by atoms with E-state index in [1.54, 1.807) is 39.6 Å². The van der Waals surface area contributed by atoms with E-state index < -0.39 is 54.0 Å². The lowest BCUT2D eigenvalue weighted by Gasteiger charge is -2.26. The standard InChI is InChI=1S/C27H28F2N4O3.C25H25FN4O3.C24H21F5N4O2/c1-16-4-5-19(12-17(16)2)21-15-31-27-20(30-14-18-8-10-35-11-9-18)13-24(32-33(21)27)36-23-7-6-22(34-3)25(28)26(23)29;1-15-4-5-18(8-16(15)2)22-12-28-25-21(27-11-17-13-32-14-17)10-24(29-30(22)25)33-19-6-7-23(31-3)20(26)9-19;1-13-4-5-15(10-14(13)2)17-12-31-23-16(30-9-8-24(27,28)29)11-20(32-33(17)23)35-19-7-6-18(34-3)21(25)22(19)26/h4-7,12-13,15,18,30H,8-11,14H2,1-3H3;4-10,12,17,27H,11,13-14H2,1-3H3;4-7,10-12,30H,8-9H2,1-3H3. The Bertz CT molecular complexity index is 5100. The highest BCUT2D eigenvalue weighted by molar-refractivity contribution is 5.77. The van der Waals surface area contributed by atoms with E-state index in [1.165, 1.54) is 85.1 Å². The van der Waals surface area contributed by atoms with Gasteiger partial charge in [0.2, 0.25) is 40.9 Å². The summed E-state index contributed by atoms with van der Waals surface area (Å²) in [6.45, 7) is 16.2. The van der Waals surface area contributed by atoms with Crippen LogP contribution in [0.3, 0.4) is 0 Å². The Morgan fingerprint density at radius 2 is 0.817 bits per heavy atom. The average molecular weight is 1440 g/mol. The van der Waals surface area contributed by atoms with Crippen molar-refractivity contribution in [1.82, 2.24) is 43.8 Å². The number of halogens is 8. The molecule has 0 saturated carbocycles. The van der Waals surface area contributed by atoms with Crippen molar-refractivity contribution in [2.75, 3.05) is 83.3 Å². The number of hydrogen-bond donors (Lipinski definition) is 3. The van der Waals surface area contributed by atoms with Gasteiger partial charge >= 0.3 is 6.18 Å². The van der Waals surface area contributed by atoms with Crippen molar-refractivity contribution in [1.29, 1.82) is 0 Å². The number of alkyl halides is 3. The zero-order valence-corrected chi connectivity index (χ0v) is 58.2. The highest BCUT2D eigenvalue weighted by Gasteiger charge is 2.28. The SMILES string of the molecule is COc1ccc(Oc2cc(NCC3CCOCC3)c3ncc(-c4ccc(C)c(C)c4)n3n2)c(F)c1F.COc1ccc(Oc2cc(NCC3COC3)c3ncc(-c4ccc(C)c(C)c4)n3n2)cc1F.COc1ccc(Oc2cc(NCCC(F)(F)F)c3ncc(-c4ccc(C)c(C)c4)n3n2)c(F)c1F. The summed E-state index contributed by atoms with van der Waals surface area (Å²) < 4.78 is 157. The minimum atomic E-state index is -4.36. The van der Waals surface area contributed by atoms with Gasteiger partial charge in [0.25, 0.3) is 0 Å². The van der Waals surface area contributed by atoms with Crippen LogP contribution in [-0.2, 0) is 9.47 Å². The summed E-state index contributed by atoms with van der Waals surface area (Å²) in [6, 6.07) is 32.2. The molecule has 20 nitrogen and oxygen atoms in total. The number of imidazole rings is 3. The molecule has 14 rings (SSSR count). The first-order valence-electron chi connectivity index (χ1n) is 33.3. The normalized spacial score (nSPS) is 13.2. The van der Waals surface area contributed by atoms with Gasteiger partial charge in [-0.05, 0) is 148 Å². The van der Waals surface area contributed by atoms with E-state index in [9.17, 15) is 35.1 Å². The van der Waals surface area contributed by atoms with Gasteiger partial charge in [-0.15, -0.1) is 15.3 Å². The molecule has 0 aliphatic carbocycles. The van der Waals surface area contributed by atoms with E-state index in [2.05, 4.69) is 91.2 Å². The topological polar surface area (TPSA) is 200 Å². The summed E-state index contributed by atoms with van der Waals surface area (Å²) >= 11 is 0. The van der Waals surface area contributed by atoms with E-state index in [0.717, 1.165) is 109 Å². The van der Waals surface area contributed by atoms with Crippen LogP contribution in [0.25, 0.3) is 50.7 Å². The number of rotatable bonds is 21. The summed E-state index contributed by atoms with van der Waals surface area (Å²) in [4.78, 5) is 13.6. The van der Waals surface area contributed by atoms with Gasteiger partial charge in [-0.3, -0.25) is 0 Å². The second kappa shape index (κ2) is 31.5. The number of fused-ring (bicyclic) bond motifs is 3. The zero-order chi connectivity index (χ0) is 73.5. The first-order valence-corrected chi connectivity index (χ1v) is 33.3. The monoisotopic (exact) mass is 1430 g/mol. The Morgan fingerprint density at radius 1 is 0.433 bits per heavy atom. The van der Waals surface area contributed by atoms with Crippen LogP contribution in [0.2, 0.25) is 0 Å². The van der Waals surface area contributed by atoms with Crippen LogP contribution in [0.4, 0.5) is 52.2 Å². The maximum absolute atomic E-state index is 14.7. The fourth-order valence-electron chi connectivity index (χ4n) is 11.4. The van der Waals surface area contributed by atoms with Gasteiger partial charge in [-0.25, -0.2) is 32.9 Å². The number of nitrogens with one attached hydrogen (secondary N) is 3. The summed E-state index contributed by atoms with van der Waals surface area (Å²) in [5, 5.41) is 23.2. The summed E-state index contributed by atoms with van der Waals surface area (Å²) in [5.74, 6) is -4.94. The first-order chi connectivity index (χ1) is 50.0. The Labute approximate surface area is 592 Å². The molecule has 0 amide bonds. The molecule has 2 fully saturated rings. The van der Waals surface area contributed by atoms with Crippen molar-refractivity contribution < 1.29 is 73.0 Å². The Hall–Kier alpha value is -11.3. The molecule has 3 N–H and O–H groups in total. The minimum absolute atomic E-state index is 0.100.